The monoisotopic (exact) mass is 344 g/mol. The van der Waals surface area contributed by atoms with E-state index in [-0.39, 0.29) is 18.1 Å². The molecule has 1 aromatic heterocycles. The van der Waals surface area contributed by atoms with Gasteiger partial charge in [-0.3, -0.25) is 4.79 Å². The number of aliphatic hydroxyl groups is 1. The van der Waals surface area contributed by atoms with Crippen LogP contribution in [0.1, 0.15) is 22.2 Å². The van der Waals surface area contributed by atoms with Crippen LogP contribution in [-0.4, -0.2) is 32.6 Å². The van der Waals surface area contributed by atoms with Crippen molar-refractivity contribution in [3.05, 3.63) is 77.6 Å². The van der Waals surface area contributed by atoms with E-state index in [0.717, 1.165) is 0 Å². The summed E-state index contributed by atoms with van der Waals surface area (Å²) >= 11 is 0. The van der Waals surface area contributed by atoms with Crippen LogP contribution in [0.4, 0.5) is 8.78 Å². The van der Waals surface area contributed by atoms with Gasteiger partial charge in [-0.2, -0.15) is 0 Å². The number of rotatable bonds is 5. The van der Waals surface area contributed by atoms with Gasteiger partial charge in [0.2, 0.25) is 0 Å². The summed E-state index contributed by atoms with van der Waals surface area (Å²) in [6.45, 7) is -0.0616. The van der Waals surface area contributed by atoms with Gasteiger partial charge in [0.05, 0.1) is 18.0 Å². The predicted octanol–water partition coefficient (Wildman–Crippen LogP) is 2.01. The van der Waals surface area contributed by atoms with Gasteiger partial charge in [0, 0.05) is 6.54 Å². The fraction of sp³-hybridized carbons (Fsp3) is 0.118. The molecule has 0 saturated heterocycles. The molecule has 1 unspecified atom stereocenters. The zero-order valence-electron chi connectivity index (χ0n) is 12.9. The minimum Gasteiger partial charge on any atom is -0.387 e. The van der Waals surface area contributed by atoms with Crippen molar-refractivity contribution in [2.75, 3.05) is 6.54 Å². The first-order valence-electron chi connectivity index (χ1n) is 7.43. The topological polar surface area (TPSA) is 80.0 Å². The fourth-order valence-corrected chi connectivity index (χ4v) is 2.17. The summed E-state index contributed by atoms with van der Waals surface area (Å²) in [5, 5.41) is 20.1. The number of aromatic nitrogens is 3. The number of aliphatic hydroxyl groups excluding tert-OH is 1. The van der Waals surface area contributed by atoms with Crippen LogP contribution in [0.3, 0.4) is 0 Å². The molecule has 0 aliphatic heterocycles. The number of benzene rings is 2. The number of carbonyl (C=O) groups excluding carboxylic acids is 1. The Bertz CT molecular complexity index is 863. The molecular weight excluding hydrogens is 330 g/mol. The Labute approximate surface area is 141 Å². The molecule has 128 valence electrons. The number of nitrogens with zero attached hydrogens (tertiary/aromatic N) is 3. The standard InChI is InChI=1S/C17H14F2N4O2/c18-12-3-1-11(2-4-12)16(24)9-20-17(25)15-10-23(22-21-15)14-7-5-13(19)6-8-14/h1-8,10,16,24H,9H2,(H,20,25). The van der Waals surface area contributed by atoms with E-state index in [2.05, 4.69) is 15.6 Å². The van der Waals surface area contributed by atoms with E-state index in [0.29, 0.717) is 11.3 Å². The third-order valence-electron chi connectivity index (χ3n) is 3.53. The van der Waals surface area contributed by atoms with E-state index < -0.39 is 17.8 Å². The second kappa shape index (κ2) is 7.18. The second-order valence-corrected chi connectivity index (χ2v) is 5.30. The highest BCUT2D eigenvalue weighted by Gasteiger charge is 2.14. The Balaban J connectivity index is 1.62. The SMILES string of the molecule is O=C(NCC(O)c1ccc(F)cc1)c1cn(-c2ccc(F)cc2)nn1. The zero-order valence-corrected chi connectivity index (χ0v) is 12.9. The van der Waals surface area contributed by atoms with E-state index >= 15 is 0 Å². The lowest BCUT2D eigenvalue weighted by atomic mass is 10.1. The minimum atomic E-state index is -0.975. The third-order valence-corrected chi connectivity index (χ3v) is 3.53. The Morgan fingerprint density at radius 2 is 1.68 bits per heavy atom. The number of hydrogen-bond acceptors (Lipinski definition) is 4. The second-order valence-electron chi connectivity index (χ2n) is 5.30. The van der Waals surface area contributed by atoms with Crippen LogP contribution in [0.15, 0.2) is 54.7 Å². The van der Waals surface area contributed by atoms with Crippen molar-refractivity contribution < 1.29 is 18.7 Å². The van der Waals surface area contributed by atoms with Gasteiger partial charge in [0.25, 0.3) is 5.91 Å². The van der Waals surface area contributed by atoms with Gasteiger partial charge < -0.3 is 10.4 Å². The van der Waals surface area contributed by atoms with Crippen molar-refractivity contribution in [2.24, 2.45) is 0 Å². The Kier molecular flexibility index (Phi) is 4.80. The van der Waals surface area contributed by atoms with E-state index in [4.69, 9.17) is 0 Å². The first-order chi connectivity index (χ1) is 12.0. The van der Waals surface area contributed by atoms with Crippen LogP contribution in [0.25, 0.3) is 5.69 Å². The molecule has 6 nitrogen and oxygen atoms in total. The summed E-state index contributed by atoms with van der Waals surface area (Å²) in [6.07, 6.45) is 0.420. The molecule has 0 aliphatic rings. The molecule has 1 atom stereocenters. The van der Waals surface area contributed by atoms with Crippen molar-refractivity contribution in [1.29, 1.82) is 0 Å². The Morgan fingerprint density at radius 3 is 2.32 bits per heavy atom. The van der Waals surface area contributed by atoms with Gasteiger partial charge >= 0.3 is 0 Å². The smallest absolute Gasteiger partial charge is 0.273 e. The largest absolute Gasteiger partial charge is 0.387 e. The number of hydrogen-bond donors (Lipinski definition) is 2. The van der Waals surface area contributed by atoms with Crippen molar-refractivity contribution >= 4 is 5.91 Å². The summed E-state index contributed by atoms with van der Waals surface area (Å²) < 4.78 is 27.1. The quantitative estimate of drug-likeness (QED) is 0.742. The fourth-order valence-electron chi connectivity index (χ4n) is 2.17. The van der Waals surface area contributed by atoms with E-state index in [9.17, 15) is 18.7 Å². The summed E-state index contributed by atoms with van der Waals surface area (Å²) in [4.78, 5) is 12.1. The molecule has 2 aromatic carbocycles. The molecule has 0 saturated carbocycles. The molecule has 3 aromatic rings. The van der Waals surface area contributed by atoms with E-state index in [1.807, 2.05) is 0 Å². The van der Waals surface area contributed by atoms with Crippen LogP contribution < -0.4 is 5.32 Å². The number of amides is 1. The van der Waals surface area contributed by atoms with Crippen molar-refractivity contribution in [1.82, 2.24) is 20.3 Å². The van der Waals surface area contributed by atoms with E-state index in [1.54, 1.807) is 0 Å². The van der Waals surface area contributed by atoms with Crippen molar-refractivity contribution in [3.63, 3.8) is 0 Å². The van der Waals surface area contributed by atoms with Gasteiger partial charge in [-0.1, -0.05) is 17.3 Å². The molecular formula is C17H14F2N4O2. The van der Waals surface area contributed by atoms with Gasteiger partial charge in [-0.15, -0.1) is 5.10 Å². The van der Waals surface area contributed by atoms with Crippen LogP contribution in [-0.2, 0) is 0 Å². The lowest BCUT2D eigenvalue weighted by Gasteiger charge is -2.11. The number of carbonyl (C=O) groups is 1. The molecule has 25 heavy (non-hydrogen) atoms. The molecule has 8 heteroatoms. The number of nitrogens with one attached hydrogen (secondary N) is 1. The van der Waals surface area contributed by atoms with Crippen LogP contribution in [0.5, 0.6) is 0 Å². The van der Waals surface area contributed by atoms with Crippen LogP contribution in [0.2, 0.25) is 0 Å². The lowest BCUT2D eigenvalue weighted by molar-refractivity contribution is 0.0911. The summed E-state index contributed by atoms with van der Waals surface area (Å²) in [5.41, 5.74) is 1.09. The molecule has 0 aliphatic carbocycles. The molecule has 3 rings (SSSR count). The summed E-state index contributed by atoms with van der Waals surface area (Å²) in [7, 11) is 0. The number of halogens is 2. The molecule has 2 N–H and O–H groups in total. The highest BCUT2D eigenvalue weighted by molar-refractivity contribution is 5.91. The highest BCUT2D eigenvalue weighted by Crippen LogP contribution is 2.13. The lowest BCUT2D eigenvalue weighted by Crippen LogP contribution is -2.28. The van der Waals surface area contributed by atoms with E-state index in [1.165, 1.54) is 59.4 Å². The maximum Gasteiger partial charge on any atom is 0.273 e. The predicted molar refractivity (Wildman–Crippen MR) is 85.0 cm³/mol. The maximum absolute atomic E-state index is 12.9. The van der Waals surface area contributed by atoms with Gasteiger partial charge in [-0.25, -0.2) is 13.5 Å². The first-order valence-corrected chi connectivity index (χ1v) is 7.43. The van der Waals surface area contributed by atoms with Crippen LogP contribution >= 0.6 is 0 Å². The zero-order chi connectivity index (χ0) is 17.8. The Hall–Kier alpha value is -3.13. The normalized spacial score (nSPS) is 12.0. The molecule has 0 bridgehead atoms. The first kappa shape index (κ1) is 16.7. The minimum absolute atomic E-state index is 0.0515. The molecule has 0 fully saturated rings. The average molecular weight is 344 g/mol. The molecule has 0 spiro atoms. The summed E-state index contributed by atoms with van der Waals surface area (Å²) in [5.74, 6) is -1.30. The third kappa shape index (κ3) is 4.04. The molecule has 1 amide bonds. The maximum atomic E-state index is 12.9. The van der Waals surface area contributed by atoms with Gasteiger partial charge in [0.15, 0.2) is 5.69 Å². The molecule has 0 radical (unpaired) electrons. The molecule has 1 heterocycles. The van der Waals surface area contributed by atoms with Crippen LogP contribution in [0, 0.1) is 11.6 Å². The Morgan fingerprint density at radius 1 is 1.08 bits per heavy atom. The summed E-state index contributed by atoms with van der Waals surface area (Å²) in [6, 6.07) is 10.9. The highest BCUT2D eigenvalue weighted by atomic mass is 19.1. The average Bonchev–Trinajstić information content (AvgIpc) is 3.11. The van der Waals surface area contributed by atoms with Crippen molar-refractivity contribution in [3.8, 4) is 5.69 Å². The van der Waals surface area contributed by atoms with Gasteiger partial charge in [0.1, 0.15) is 11.6 Å². The van der Waals surface area contributed by atoms with Crippen molar-refractivity contribution in [2.45, 2.75) is 6.10 Å². The van der Waals surface area contributed by atoms with Gasteiger partial charge in [-0.05, 0) is 42.0 Å².